The fraction of sp³-hybridized carbons (Fsp3) is 0.273. The first-order chi connectivity index (χ1) is 14.8. The minimum absolute atomic E-state index is 0.0762. The van der Waals surface area contributed by atoms with Crippen molar-refractivity contribution in [2.75, 3.05) is 16.0 Å². The van der Waals surface area contributed by atoms with Crippen molar-refractivity contribution < 1.29 is 4.79 Å². The van der Waals surface area contributed by atoms with Crippen LogP contribution in [0.5, 0.6) is 0 Å². The largest absolute Gasteiger partial charge is 0.365 e. The molecule has 0 saturated heterocycles. The van der Waals surface area contributed by atoms with Gasteiger partial charge in [-0.15, -0.1) is 0 Å². The Labute approximate surface area is 186 Å². The van der Waals surface area contributed by atoms with Gasteiger partial charge in [-0.25, -0.2) is 4.98 Å². The van der Waals surface area contributed by atoms with E-state index in [2.05, 4.69) is 58.4 Å². The van der Waals surface area contributed by atoms with Gasteiger partial charge in [0.25, 0.3) is 0 Å². The van der Waals surface area contributed by atoms with E-state index in [9.17, 15) is 4.79 Å². The van der Waals surface area contributed by atoms with Crippen LogP contribution in [0.4, 0.5) is 23.1 Å². The number of anilines is 4. The molecule has 2 aromatic heterocycles. The number of nitrogens with one attached hydrogen (secondary N) is 3. The summed E-state index contributed by atoms with van der Waals surface area (Å²) < 4.78 is 1.92. The highest BCUT2D eigenvalue weighted by Crippen LogP contribution is 2.24. The van der Waals surface area contributed by atoms with E-state index in [-0.39, 0.29) is 11.4 Å². The van der Waals surface area contributed by atoms with Crippen molar-refractivity contribution in [3.63, 3.8) is 0 Å². The standard InChI is InChI=1S/C22H26ClN7O/c1-5-19(31)27-16-9-7-8-15(10-16)11-24-20-18(23)13-25-21(29-20)28-17-12-26-30(14-17)22(3,4)6-2/h5,7-10,12-14H,1,6,11H2,2-4H3,(H,27,31)(H2,24,25,28,29). The van der Waals surface area contributed by atoms with Gasteiger partial charge in [0, 0.05) is 18.4 Å². The second-order valence-electron chi connectivity index (χ2n) is 7.60. The molecule has 0 bridgehead atoms. The topological polar surface area (TPSA) is 96.8 Å². The Balaban J connectivity index is 1.69. The molecule has 0 spiro atoms. The van der Waals surface area contributed by atoms with Crippen molar-refractivity contribution >= 4 is 40.6 Å². The molecule has 3 N–H and O–H groups in total. The molecule has 1 amide bonds. The molecule has 0 radical (unpaired) electrons. The zero-order valence-corrected chi connectivity index (χ0v) is 18.6. The van der Waals surface area contributed by atoms with E-state index in [0.717, 1.165) is 17.7 Å². The molecule has 9 heteroatoms. The van der Waals surface area contributed by atoms with Crippen LogP contribution in [0.15, 0.2) is 55.5 Å². The van der Waals surface area contributed by atoms with Gasteiger partial charge in [0.05, 0.1) is 23.6 Å². The molecule has 0 fully saturated rings. The summed E-state index contributed by atoms with van der Waals surface area (Å²) in [5, 5.41) is 13.9. The van der Waals surface area contributed by atoms with Crippen molar-refractivity contribution in [1.82, 2.24) is 19.7 Å². The molecule has 8 nitrogen and oxygen atoms in total. The number of benzene rings is 1. The summed E-state index contributed by atoms with van der Waals surface area (Å²) in [6, 6.07) is 7.48. The number of hydrogen-bond donors (Lipinski definition) is 3. The summed E-state index contributed by atoms with van der Waals surface area (Å²) in [7, 11) is 0. The second kappa shape index (κ2) is 9.61. The van der Waals surface area contributed by atoms with E-state index in [1.165, 1.54) is 6.08 Å². The van der Waals surface area contributed by atoms with Gasteiger partial charge in [0.15, 0.2) is 5.82 Å². The lowest BCUT2D eigenvalue weighted by Crippen LogP contribution is -2.25. The number of carbonyl (C=O) groups is 1. The highest BCUT2D eigenvalue weighted by Gasteiger charge is 2.18. The molecular formula is C22H26ClN7O. The molecule has 0 aliphatic rings. The lowest BCUT2D eigenvalue weighted by molar-refractivity contribution is -0.111. The van der Waals surface area contributed by atoms with Crippen LogP contribution in [0.2, 0.25) is 5.02 Å². The molecule has 0 unspecified atom stereocenters. The number of carbonyl (C=O) groups excluding carboxylic acids is 1. The maximum atomic E-state index is 11.5. The fourth-order valence-corrected chi connectivity index (χ4v) is 2.86. The average Bonchev–Trinajstić information content (AvgIpc) is 3.23. The predicted octanol–water partition coefficient (Wildman–Crippen LogP) is 4.95. The predicted molar refractivity (Wildman–Crippen MR) is 125 cm³/mol. The maximum Gasteiger partial charge on any atom is 0.247 e. The number of hydrogen-bond acceptors (Lipinski definition) is 6. The lowest BCUT2D eigenvalue weighted by atomic mass is 10.0. The first-order valence-corrected chi connectivity index (χ1v) is 10.3. The summed E-state index contributed by atoms with van der Waals surface area (Å²) in [6.07, 6.45) is 7.40. The average molecular weight is 440 g/mol. The molecule has 0 saturated carbocycles. The van der Waals surface area contributed by atoms with Crippen LogP contribution in [-0.4, -0.2) is 25.7 Å². The third kappa shape index (κ3) is 5.82. The van der Waals surface area contributed by atoms with E-state index in [4.69, 9.17) is 11.6 Å². The Morgan fingerprint density at radius 2 is 2.10 bits per heavy atom. The molecule has 1 aromatic carbocycles. The SMILES string of the molecule is C=CC(=O)Nc1cccc(CNc2nc(Nc3cnn(C(C)(C)CC)c3)ncc2Cl)c1. The Kier molecular flexibility index (Phi) is 6.91. The van der Waals surface area contributed by atoms with Crippen LogP contribution < -0.4 is 16.0 Å². The van der Waals surface area contributed by atoms with Crippen LogP contribution in [0, 0.1) is 0 Å². The lowest BCUT2D eigenvalue weighted by Gasteiger charge is -2.23. The molecular weight excluding hydrogens is 414 g/mol. The van der Waals surface area contributed by atoms with Gasteiger partial charge >= 0.3 is 0 Å². The number of amides is 1. The van der Waals surface area contributed by atoms with Gasteiger partial charge in [0.1, 0.15) is 5.02 Å². The first-order valence-electron chi connectivity index (χ1n) is 9.91. The molecule has 3 rings (SSSR count). The van der Waals surface area contributed by atoms with Crippen molar-refractivity contribution in [2.24, 2.45) is 0 Å². The van der Waals surface area contributed by atoms with Crippen LogP contribution >= 0.6 is 11.6 Å². The van der Waals surface area contributed by atoms with E-state index >= 15 is 0 Å². The highest BCUT2D eigenvalue weighted by molar-refractivity contribution is 6.32. The molecule has 31 heavy (non-hydrogen) atoms. The molecule has 0 aliphatic carbocycles. The molecule has 3 aromatic rings. The molecule has 0 aliphatic heterocycles. The van der Waals surface area contributed by atoms with Gasteiger partial charge < -0.3 is 16.0 Å². The van der Waals surface area contributed by atoms with Gasteiger partial charge in [-0.3, -0.25) is 9.48 Å². The van der Waals surface area contributed by atoms with Gasteiger partial charge in [-0.1, -0.05) is 37.2 Å². The van der Waals surface area contributed by atoms with Crippen molar-refractivity contribution in [2.45, 2.75) is 39.3 Å². The van der Waals surface area contributed by atoms with Crippen molar-refractivity contribution in [3.8, 4) is 0 Å². The van der Waals surface area contributed by atoms with Crippen LogP contribution in [0.3, 0.4) is 0 Å². The number of aromatic nitrogens is 4. The quantitative estimate of drug-likeness (QED) is 0.408. The zero-order valence-electron chi connectivity index (χ0n) is 17.8. The smallest absolute Gasteiger partial charge is 0.247 e. The Morgan fingerprint density at radius 1 is 1.29 bits per heavy atom. The van der Waals surface area contributed by atoms with Crippen molar-refractivity contribution in [3.05, 3.63) is 66.1 Å². The summed E-state index contributed by atoms with van der Waals surface area (Å²) in [4.78, 5) is 20.2. The van der Waals surface area contributed by atoms with Crippen LogP contribution in [-0.2, 0) is 16.9 Å². The summed E-state index contributed by atoms with van der Waals surface area (Å²) in [6.45, 7) is 10.3. The van der Waals surface area contributed by atoms with E-state index < -0.39 is 0 Å². The van der Waals surface area contributed by atoms with E-state index in [1.807, 2.05) is 35.1 Å². The molecule has 162 valence electrons. The van der Waals surface area contributed by atoms with E-state index in [0.29, 0.717) is 29.0 Å². The monoisotopic (exact) mass is 439 g/mol. The second-order valence-corrected chi connectivity index (χ2v) is 8.01. The molecule has 2 heterocycles. The van der Waals surface area contributed by atoms with Crippen LogP contribution in [0.25, 0.3) is 0 Å². The van der Waals surface area contributed by atoms with Crippen LogP contribution in [0.1, 0.15) is 32.8 Å². The number of rotatable bonds is 9. The number of halogens is 1. The van der Waals surface area contributed by atoms with Crippen molar-refractivity contribution in [1.29, 1.82) is 0 Å². The van der Waals surface area contributed by atoms with Gasteiger partial charge in [-0.05, 0) is 44.0 Å². The third-order valence-corrected chi connectivity index (χ3v) is 5.18. The molecule has 0 atom stereocenters. The minimum atomic E-state index is -0.259. The summed E-state index contributed by atoms with van der Waals surface area (Å²) >= 11 is 6.27. The maximum absolute atomic E-state index is 11.5. The highest BCUT2D eigenvalue weighted by atomic mass is 35.5. The first kappa shape index (κ1) is 22.3. The minimum Gasteiger partial charge on any atom is -0.365 e. The summed E-state index contributed by atoms with van der Waals surface area (Å²) in [5.41, 5.74) is 2.36. The number of nitrogens with zero attached hydrogens (tertiary/aromatic N) is 4. The van der Waals surface area contributed by atoms with Gasteiger partial charge in [0.2, 0.25) is 11.9 Å². The zero-order chi connectivity index (χ0) is 22.4. The third-order valence-electron chi connectivity index (χ3n) is 4.91. The summed E-state index contributed by atoms with van der Waals surface area (Å²) in [5.74, 6) is 0.652. The Hall–Kier alpha value is -3.39. The van der Waals surface area contributed by atoms with Gasteiger partial charge in [-0.2, -0.15) is 10.1 Å². The Morgan fingerprint density at radius 3 is 2.84 bits per heavy atom. The Bertz CT molecular complexity index is 1080. The van der Waals surface area contributed by atoms with E-state index in [1.54, 1.807) is 12.4 Å². The fourth-order valence-electron chi connectivity index (χ4n) is 2.70. The normalized spacial score (nSPS) is 11.1.